The zero-order valence-electron chi connectivity index (χ0n) is 20.9. The van der Waals surface area contributed by atoms with Gasteiger partial charge in [-0.05, 0) is 87.6 Å². The first-order chi connectivity index (χ1) is 16.8. The van der Waals surface area contributed by atoms with Gasteiger partial charge in [0.25, 0.3) is 21.5 Å². The highest BCUT2D eigenvalue weighted by Crippen LogP contribution is 2.39. The van der Waals surface area contributed by atoms with Crippen molar-refractivity contribution in [1.29, 1.82) is 0 Å². The number of aryl methyl sites for hydroxylation is 2. The molecule has 1 aliphatic heterocycles. The molecule has 0 radical (unpaired) electrons. The number of hydrogen-bond acceptors (Lipinski definition) is 7. The Hall–Kier alpha value is -3.66. The summed E-state index contributed by atoms with van der Waals surface area (Å²) in [6, 6.07) is 9.35. The van der Waals surface area contributed by atoms with Gasteiger partial charge in [-0.2, -0.15) is 0 Å². The van der Waals surface area contributed by atoms with Crippen LogP contribution in [0.3, 0.4) is 0 Å². The molecule has 1 amide bonds. The highest BCUT2D eigenvalue weighted by atomic mass is 32.2. The Morgan fingerprint density at radius 2 is 1.86 bits per heavy atom. The van der Waals surface area contributed by atoms with Gasteiger partial charge in [0.15, 0.2) is 4.90 Å². The molecule has 1 aromatic carbocycles. The van der Waals surface area contributed by atoms with Crippen molar-refractivity contribution in [3.05, 3.63) is 69.6 Å². The second-order valence-corrected chi connectivity index (χ2v) is 11.7. The van der Waals surface area contributed by atoms with Crippen LogP contribution >= 0.6 is 0 Å². The lowest BCUT2D eigenvalue weighted by Crippen LogP contribution is -2.41. The monoisotopic (exact) mass is 510 g/mol. The van der Waals surface area contributed by atoms with Crippen molar-refractivity contribution < 1.29 is 18.3 Å². The van der Waals surface area contributed by atoms with Crippen LogP contribution in [0.1, 0.15) is 48.7 Å². The molecule has 0 bridgehead atoms. The Balaban J connectivity index is 1.82. The van der Waals surface area contributed by atoms with Gasteiger partial charge in [-0.1, -0.05) is 6.92 Å². The van der Waals surface area contributed by atoms with Crippen LogP contribution in [0.5, 0.6) is 5.75 Å². The number of carbonyl (C=O) groups is 1. The maximum absolute atomic E-state index is 13.3. The molecule has 1 aliphatic rings. The molecule has 4 rings (SSSR count). The number of anilines is 1. The number of sulfonamides is 1. The zero-order chi connectivity index (χ0) is 26.4. The lowest BCUT2D eigenvalue weighted by molar-refractivity contribution is 0.0981. The molecule has 1 fully saturated rings. The first-order valence-corrected chi connectivity index (χ1v) is 13.1. The lowest BCUT2D eigenvalue weighted by atomic mass is 9.97. The van der Waals surface area contributed by atoms with Gasteiger partial charge < -0.3 is 15.0 Å². The molecule has 0 saturated carbocycles. The maximum atomic E-state index is 13.3. The molecular formula is C26H30N4O5S. The fourth-order valence-electron chi connectivity index (χ4n) is 4.91. The zero-order valence-corrected chi connectivity index (χ0v) is 21.7. The summed E-state index contributed by atoms with van der Waals surface area (Å²) >= 11 is 0. The Kier molecular flexibility index (Phi) is 6.42. The van der Waals surface area contributed by atoms with Crippen molar-refractivity contribution in [1.82, 2.24) is 14.7 Å². The lowest BCUT2D eigenvalue weighted by Gasteiger charge is -2.34. The molecule has 190 valence electrons. The number of phenolic OH excluding ortho intramolecular Hbond substituents is 1. The Labute approximate surface area is 210 Å². The molecule has 10 heteroatoms. The van der Waals surface area contributed by atoms with Crippen molar-refractivity contribution in [2.75, 3.05) is 11.4 Å². The Morgan fingerprint density at radius 3 is 2.44 bits per heavy atom. The van der Waals surface area contributed by atoms with E-state index in [-0.39, 0.29) is 16.9 Å². The normalized spacial score (nSPS) is 17.2. The molecule has 2 aromatic heterocycles. The molecule has 3 heterocycles. The summed E-state index contributed by atoms with van der Waals surface area (Å²) in [5, 5.41) is 10.2. The van der Waals surface area contributed by atoms with Crippen molar-refractivity contribution in [2.45, 2.75) is 51.5 Å². The summed E-state index contributed by atoms with van der Waals surface area (Å²) < 4.78 is 27.7. The van der Waals surface area contributed by atoms with Gasteiger partial charge in [0.1, 0.15) is 11.6 Å². The number of hydrogen-bond donors (Lipinski definition) is 3. The molecule has 1 saturated heterocycles. The number of nitrogens with zero attached hydrogens (tertiary/aromatic N) is 2. The SMILES string of the molecule is Cc1cc(-c2ccc(C(=O)NS(=O)(=O)c3ccc[nH]c3=O)c(N3C[C@@H](C)CC3(C)C)n2)cc(C)c1O. The van der Waals surface area contributed by atoms with E-state index >= 15 is 0 Å². The average Bonchev–Trinajstić information content (AvgIpc) is 3.08. The molecule has 1 atom stereocenters. The summed E-state index contributed by atoms with van der Waals surface area (Å²) in [7, 11) is -4.41. The van der Waals surface area contributed by atoms with Crippen molar-refractivity contribution >= 4 is 21.7 Å². The highest BCUT2D eigenvalue weighted by molar-refractivity contribution is 7.90. The average molecular weight is 511 g/mol. The molecule has 36 heavy (non-hydrogen) atoms. The number of phenols is 1. The number of aromatic nitrogens is 2. The predicted octanol–water partition coefficient (Wildman–Crippen LogP) is 3.50. The van der Waals surface area contributed by atoms with E-state index in [1.807, 2.05) is 21.8 Å². The van der Waals surface area contributed by atoms with E-state index < -0.39 is 26.4 Å². The maximum Gasteiger partial charge on any atom is 0.269 e. The second-order valence-electron chi connectivity index (χ2n) is 10.1. The quantitative estimate of drug-likeness (QED) is 0.478. The van der Waals surface area contributed by atoms with Gasteiger partial charge in [-0.3, -0.25) is 9.59 Å². The first kappa shape index (κ1) is 25.4. The van der Waals surface area contributed by atoms with E-state index in [9.17, 15) is 23.1 Å². The highest BCUT2D eigenvalue weighted by Gasteiger charge is 2.39. The molecule has 0 aliphatic carbocycles. The van der Waals surface area contributed by atoms with Gasteiger partial charge in [0.2, 0.25) is 0 Å². The summed E-state index contributed by atoms with van der Waals surface area (Å²) in [6.45, 7) is 10.5. The van der Waals surface area contributed by atoms with Gasteiger partial charge in [0, 0.05) is 23.8 Å². The van der Waals surface area contributed by atoms with E-state index in [1.54, 1.807) is 26.0 Å². The van der Waals surface area contributed by atoms with Gasteiger partial charge in [-0.15, -0.1) is 0 Å². The molecule has 3 aromatic rings. The molecule has 0 unspecified atom stereocenters. The number of nitrogens with one attached hydrogen (secondary N) is 2. The summed E-state index contributed by atoms with van der Waals surface area (Å²) in [4.78, 5) is 34.0. The van der Waals surface area contributed by atoms with E-state index in [1.165, 1.54) is 12.3 Å². The fraction of sp³-hybridized carbons (Fsp3) is 0.346. The minimum absolute atomic E-state index is 0.0871. The number of benzene rings is 1. The van der Waals surface area contributed by atoms with Crippen LogP contribution < -0.4 is 15.2 Å². The number of carbonyl (C=O) groups excluding carboxylic acids is 1. The van der Waals surface area contributed by atoms with Crippen LogP contribution in [0, 0.1) is 19.8 Å². The molecule has 0 spiro atoms. The number of aromatic amines is 1. The van der Waals surface area contributed by atoms with Crippen LogP contribution in [0.15, 0.2) is 52.3 Å². The molecular weight excluding hydrogens is 480 g/mol. The number of aromatic hydroxyl groups is 1. The topological polar surface area (TPSA) is 132 Å². The minimum atomic E-state index is -4.41. The molecule has 9 nitrogen and oxygen atoms in total. The number of pyridine rings is 2. The van der Waals surface area contributed by atoms with Gasteiger partial charge in [0.05, 0.1) is 11.3 Å². The largest absolute Gasteiger partial charge is 0.507 e. The van der Waals surface area contributed by atoms with E-state index in [0.717, 1.165) is 18.1 Å². The van der Waals surface area contributed by atoms with Crippen LogP contribution in [0.4, 0.5) is 5.82 Å². The third-order valence-corrected chi connectivity index (χ3v) is 7.89. The Morgan fingerprint density at radius 1 is 1.19 bits per heavy atom. The smallest absolute Gasteiger partial charge is 0.269 e. The number of rotatable bonds is 5. The minimum Gasteiger partial charge on any atom is -0.507 e. The summed E-state index contributed by atoms with van der Waals surface area (Å²) in [5.74, 6) is 0.0392. The Bertz CT molecular complexity index is 1490. The number of amides is 1. The summed E-state index contributed by atoms with van der Waals surface area (Å²) in [5.41, 5.74) is 1.70. The third kappa shape index (κ3) is 4.73. The van der Waals surface area contributed by atoms with Crippen LogP contribution in [-0.4, -0.2) is 41.5 Å². The van der Waals surface area contributed by atoms with E-state index in [2.05, 4.69) is 25.8 Å². The predicted molar refractivity (Wildman–Crippen MR) is 138 cm³/mol. The van der Waals surface area contributed by atoms with Crippen LogP contribution in [0.2, 0.25) is 0 Å². The third-order valence-electron chi connectivity index (χ3n) is 6.53. The van der Waals surface area contributed by atoms with E-state index in [4.69, 9.17) is 4.98 Å². The first-order valence-electron chi connectivity index (χ1n) is 11.6. The number of H-pyrrole nitrogens is 1. The second kappa shape index (κ2) is 9.09. The van der Waals surface area contributed by atoms with Crippen molar-refractivity contribution in [3.63, 3.8) is 0 Å². The fourth-order valence-corrected chi connectivity index (χ4v) is 5.93. The standard InChI is InChI=1S/C26H30N4O5S/c1-15-13-26(4,5)30(14-15)23-19(24(32)29-36(34,35)21-7-6-10-27-25(21)33)8-9-20(28-23)18-11-16(2)22(31)17(3)12-18/h6-12,15,31H,13-14H2,1-5H3,(H,27,33)(H,29,32)/t15-/m0/s1. The summed E-state index contributed by atoms with van der Waals surface area (Å²) in [6.07, 6.45) is 2.18. The van der Waals surface area contributed by atoms with Gasteiger partial charge in [-0.25, -0.2) is 18.1 Å². The van der Waals surface area contributed by atoms with Crippen molar-refractivity contribution in [3.8, 4) is 17.0 Å². The van der Waals surface area contributed by atoms with Gasteiger partial charge >= 0.3 is 0 Å². The molecule has 3 N–H and O–H groups in total. The van der Waals surface area contributed by atoms with E-state index in [0.29, 0.717) is 35.1 Å². The van der Waals surface area contributed by atoms with Crippen LogP contribution in [0.25, 0.3) is 11.3 Å². The van der Waals surface area contributed by atoms with Crippen LogP contribution in [-0.2, 0) is 10.0 Å². The van der Waals surface area contributed by atoms with Crippen molar-refractivity contribution in [2.24, 2.45) is 5.92 Å².